The highest BCUT2D eigenvalue weighted by Gasteiger charge is 2.17. The highest BCUT2D eigenvalue weighted by atomic mass is 16.5. The van der Waals surface area contributed by atoms with Crippen molar-refractivity contribution < 1.29 is 19.1 Å². The predicted octanol–water partition coefficient (Wildman–Crippen LogP) is 3.37. The molecule has 0 saturated carbocycles. The number of ketones is 1. The summed E-state index contributed by atoms with van der Waals surface area (Å²) >= 11 is 0. The number of nitrogens with one attached hydrogen (secondary N) is 1. The number of aromatic nitrogens is 2. The van der Waals surface area contributed by atoms with Crippen molar-refractivity contribution >= 4 is 29.2 Å². The van der Waals surface area contributed by atoms with Crippen LogP contribution in [-0.2, 0) is 4.74 Å². The Kier molecular flexibility index (Phi) is 6.50. The lowest BCUT2D eigenvalue weighted by atomic mass is 10.1. The molecule has 1 saturated heterocycles. The van der Waals surface area contributed by atoms with Crippen LogP contribution < -0.4 is 10.2 Å². The highest BCUT2D eigenvalue weighted by Crippen LogP contribution is 2.17. The zero-order valence-electron chi connectivity index (χ0n) is 17.4. The molecule has 0 aliphatic carbocycles. The zero-order valence-corrected chi connectivity index (χ0v) is 17.4. The summed E-state index contributed by atoms with van der Waals surface area (Å²) in [4.78, 5) is 38.8. The smallest absolute Gasteiger partial charge is 0.359 e. The Morgan fingerprint density at radius 1 is 0.844 bits per heavy atom. The van der Waals surface area contributed by atoms with Crippen LogP contribution in [0.1, 0.15) is 44.0 Å². The van der Waals surface area contributed by atoms with E-state index < -0.39 is 12.6 Å². The van der Waals surface area contributed by atoms with Crippen LogP contribution in [0.15, 0.2) is 66.7 Å². The number of carbonyl (C=O) groups is 3. The van der Waals surface area contributed by atoms with Crippen molar-refractivity contribution in [1.82, 2.24) is 10.2 Å². The lowest BCUT2D eigenvalue weighted by Gasteiger charge is -2.15. The molecule has 4 rings (SSSR count). The van der Waals surface area contributed by atoms with Crippen LogP contribution >= 0.6 is 0 Å². The molecule has 3 aromatic rings. The molecule has 1 aliphatic rings. The van der Waals surface area contributed by atoms with Gasteiger partial charge in [-0.3, -0.25) is 9.59 Å². The fourth-order valence-corrected chi connectivity index (χ4v) is 3.37. The van der Waals surface area contributed by atoms with Crippen molar-refractivity contribution in [2.24, 2.45) is 0 Å². The Hall–Kier alpha value is -4.07. The number of carbonyl (C=O) groups excluding carboxylic acids is 3. The molecule has 0 bridgehead atoms. The number of Topliss-reactive ketones (excluding diaryl/α,β-unsaturated/α-hetero) is 1. The van der Waals surface area contributed by atoms with Crippen LogP contribution in [0, 0.1) is 0 Å². The number of rotatable bonds is 7. The maximum atomic E-state index is 12.4. The van der Waals surface area contributed by atoms with Gasteiger partial charge in [0.25, 0.3) is 5.91 Å². The molecule has 1 N–H and O–H groups in total. The molecular formula is C24H22N4O4. The standard InChI is InChI=1S/C24H22N4O4/c29-21(16-32-24(31)20-12-13-22(27-26-20)28-14-4-5-15-28)17-8-10-19(11-9-17)25-23(30)18-6-2-1-3-7-18/h1-3,6-13H,4-5,14-16H2,(H,25,30). The maximum absolute atomic E-state index is 12.4. The number of nitrogens with zero attached hydrogens (tertiary/aromatic N) is 3. The van der Waals surface area contributed by atoms with Crippen molar-refractivity contribution in [1.29, 1.82) is 0 Å². The number of benzene rings is 2. The van der Waals surface area contributed by atoms with Crippen molar-refractivity contribution in [2.45, 2.75) is 12.8 Å². The molecule has 8 nitrogen and oxygen atoms in total. The monoisotopic (exact) mass is 430 g/mol. The molecule has 1 aromatic heterocycles. The molecule has 1 amide bonds. The van der Waals surface area contributed by atoms with E-state index in [9.17, 15) is 14.4 Å². The van der Waals surface area contributed by atoms with Crippen molar-refractivity contribution in [3.63, 3.8) is 0 Å². The van der Waals surface area contributed by atoms with E-state index >= 15 is 0 Å². The largest absolute Gasteiger partial charge is 0.453 e. The Morgan fingerprint density at radius 2 is 1.56 bits per heavy atom. The van der Waals surface area contributed by atoms with E-state index in [2.05, 4.69) is 20.4 Å². The fraction of sp³-hybridized carbons (Fsp3) is 0.208. The van der Waals surface area contributed by atoms with E-state index in [1.165, 1.54) is 0 Å². The van der Waals surface area contributed by atoms with E-state index in [4.69, 9.17) is 4.74 Å². The summed E-state index contributed by atoms with van der Waals surface area (Å²) in [6.45, 7) is 1.45. The van der Waals surface area contributed by atoms with Gasteiger partial charge in [0.15, 0.2) is 23.9 Å². The van der Waals surface area contributed by atoms with Gasteiger partial charge in [-0.15, -0.1) is 10.2 Å². The first-order chi connectivity index (χ1) is 15.6. The summed E-state index contributed by atoms with van der Waals surface area (Å²) in [7, 11) is 0. The molecule has 1 aliphatic heterocycles. The molecule has 0 radical (unpaired) electrons. The molecule has 0 spiro atoms. The number of esters is 1. The molecule has 0 atom stereocenters. The molecule has 0 unspecified atom stereocenters. The van der Waals surface area contributed by atoms with Crippen LogP contribution in [0.5, 0.6) is 0 Å². The molecule has 1 fully saturated rings. The molecule has 32 heavy (non-hydrogen) atoms. The summed E-state index contributed by atoms with van der Waals surface area (Å²) < 4.78 is 5.09. The van der Waals surface area contributed by atoms with Gasteiger partial charge in [0, 0.05) is 29.9 Å². The van der Waals surface area contributed by atoms with Crippen LogP contribution in [0.4, 0.5) is 11.5 Å². The van der Waals surface area contributed by atoms with Crippen LogP contribution in [0.2, 0.25) is 0 Å². The molecule has 162 valence electrons. The quantitative estimate of drug-likeness (QED) is 0.453. The van der Waals surface area contributed by atoms with Crippen LogP contribution in [0.25, 0.3) is 0 Å². The third kappa shape index (κ3) is 5.15. The zero-order chi connectivity index (χ0) is 22.3. The Bertz CT molecular complexity index is 1090. The Labute approximate surface area is 185 Å². The van der Waals surface area contributed by atoms with Crippen molar-refractivity contribution in [3.05, 3.63) is 83.6 Å². The second-order valence-corrected chi connectivity index (χ2v) is 7.37. The van der Waals surface area contributed by atoms with E-state index in [1.54, 1.807) is 60.7 Å². The minimum atomic E-state index is -0.703. The summed E-state index contributed by atoms with van der Waals surface area (Å²) in [5.41, 5.74) is 1.52. The van der Waals surface area contributed by atoms with Gasteiger partial charge >= 0.3 is 5.97 Å². The Morgan fingerprint density at radius 3 is 2.22 bits per heavy atom. The lowest BCUT2D eigenvalue weighted by Crippen LogP contribution is -2.20. The number of hydrogen-bond donors (Lipinski definition) is 1. The topological polar surface area (TPSA) is 101 Å². The summed E-state index contributed by atoms with van der Waals surface area (Å²) in [6, 6.07) is 18.5. The summed E-state index contributed by atoms with van der Waals surface area (Å²) in [5.74, 6) is -0.573. The maximum Gasteiger partial charge on any atom is 0.359 e. The molecule has 2 heterocycles. The third-order valence-electron chi connectivity index (χ3n) is 5.12. The minimum Gasteiger partial charge on any atom is -0.453 e. The van der Waals surface area contributed by atoms with Gasteiger partial charge in [0.05, 0.1) is 0 Å². The first-order valence-electron chi connectivity index (χ1n) is 10.4. The van der Waals surface area contributed by atoms with Crippen LogP contribution in [0.3, 0.4) is 0 Å². The predicted molar refractivity (Wildman–Crippen MR) is 119 cm³/mol. The third-order valence-corrected chi connectivity index (χ3v) is 5.12. The van der Waals surface area contributed by atoms with E-state index in [0.717, 1.165) is 31.7 Å². The van der Waals surface area contributed by atoms with Gasteiger partial charge in [-0.25, -0.2) is 4.79 Å². The van der Waals surface area contributed by atoms with Gasteiger partial charge in [-0.1, -0.05) is 18.2 Å². The molecule has 8 heteroatoms. The first kappa shape index (κ1) is 21.2. The van der Waals surface area contributed by atoms with Gasteiger partial charge in [-0.2, -0.15) is 0 Å². The van der Waals surface area contributed by atoms with Crippen molar-refractivity contribution in [2.75, 3.05) is 29.9 Å². The Balaban J connectivity index is 1.29. The number of hydrogen-bond acceptors (Lipinski definition) is 7. The van der Waals surface area contributed by atoms with Gasteiger partial charge in [0.1, 0.15) is 0 Å². The van der Waals surface area contributed by atoms with E-state index in [0.29, 0.717) is 16.8 Å². The minimum absolute atomic E-state index is 0.0553. The summed E-state index contributed by atoms with van der Waals surface area (Å²) in [5, 5.41) is 10.8. The van der Waals surface area contributed by atoms with Gasteiger partial charge in [-0.05, 0) is 61.4 Å². The summed E-state index contributed by atoms with van der Waals surface area (Å²) in [6.07, 6.45) is 2.24. The first-order valence-corrected chi connectivity index (χ1v) is 10.4. The highest BCUT2D eigenvalue weighted by molar-refractivity contribution is 6.04. The number of ether oxygens (including phenoxy) is 1. The van der Waals surface area contributed by atoms with E-state index in [-0.39, 0.29) is 17.4 Å². The molecular weight excluding hydrogens is 408 g/mol. The lowest BCUT2D eigenvalue weighted by molar-refractivity contribution is 0.0467. The number of amides is 1. The van der Waals surface area contributed by atoms with Gasteiger partial charge in [0.2, 0.25) is 0 Å². The fourth-order valence-electron chi connectivity index (χ4n) is 3.37. The normalized spacial score (nSPS) is 12.9. The average Bonchev–Trinajstić information content (AvgIpc) is 3.38. The molecule has 2 aromatic carbocycles. The second kappa shape index (κ2) is 9.82. The van der Waals surface area contributed by atoms with Crippen molar-refractivity contribution in [3.8, 4) is 0 Å². The average molecular weight is 430 g/mol. The number of anilines is 2. The van der Waals surface area contributed by atoms with Gasteiger partial charge < -0.3 is 15.0 Å². The SMILES string of the molecule is O=C(COC(=O)c1ccc(N2CCCC2)nn1)c1ccc(NC(=O)c2ccccc2)cc1. The second-order valence-electron chi connectivity index (χ2n) is 7.37. The van der Waals surface area contributed by atoms with Crippen LogP contribution in [-0.4, -0.2) is 47.6 Å². The van der Waals surface area contributed by atoms with E-state index in [1.807, 2.05) is 6.07 Å².